The Morgan fingerprint density at radius 3 is 2.56 bits per heavy atom. The number of methoxy groups -OCH3 is 1. The third kappa shape index (κ3) is 7.49. The van der Waals surface area contributed by atoms with Crippen LogP contribution in [-0.2, 0) is 19.1 Å². The van der Waals surface area contributed by atoms with Gasteiger partial charge in [-0.15, -0.1) is 0 Å². The van der Waals surface area contributed by atoms with Crippen LogP contribution in [0.5, 0.6) is 0 Å². The minimum absolute atomic E-state index is 0.0231. The summed E-state index contributed by atoms with van der Waals surface area (Å²) in [5.41, 5.74) is 8.43. The van der Waals surface area contributed by atoms with Crippen LogP contribution in [0, 0.1) is 42.4 Å². The number of allylic oxidation sites excluding steroid dienone is 3. The van der Waals surface area contributed by atoms with E-state index in [-0.39, 0.29) is 66.7 Å². The smallest absolute Gasteiger partial charge is 0.320 e. The highest BCUT2D eigenvalue weighted by Crippen LogP contribution is 2.50. The summed E-state index contributed by atoms with van der Waals surface area (Å²) in [4.78, 5) is 30.6. The molecule has 2 saturated heterocycles. The minimum atomic E-state index is -0.916. The van der Waals surface area contributed by atoms with Crippen molar-refractivity contribution in [2.24, 2.45) is 35.5 Å². The van der Waals surface area contributed by atoms with Crippen LogP contribution < -0.4 is 26.6 Å². The van der Waals surface area contributed by atoms with Crippen LogP contribution >= 0.6 is 0 Å². The van der Waals surface area contributed by atoms with Crippen LogP contribution in [0.3, 0.4) is 0 Å². The molecule has 4 aliphatic heterocycles. The van der Waals surface area contributed by atoms with Gasteiger partial charge in [-0.1, -0.05) is 59.3 Å². The van der Waals surface area contributed by atoms with E-state index in [0.29, 0.717) is 18.3 Å². The number of aromatic amines is 1. The first-order valence-electron chi connectivity index (χ1n) is 20.4. The van der Waals surface area contributed by atoms with E-state index in [4.69, 9.17) is 9.47 Å². The molecule has 0 aromatic carbocycles. The number of hydrogen-bond donors (Lipinski definition) is 5. The molecule has 1 aromatic heterocycles. The molecule has 1 aliphatic carbocycles. The van der Waals surface area contributed by atoms with E-state index in [1.807, 2.05) is 12.2 Å². The Morgan fingerprint density at radius 1 is 1.11 bits per heavy atom. The molecule has 0 radical (unpaired) electrons. The molecular weight excluding hydrogens is 677 g/mol. The highest BCUT2D eigenvalue weighted by molar-refractivity contribution is 5.83. The Morgan fingerprint density at radius 2 is 1.87 bits per heavy atom. The average molecular weight is 741 g/mol. The molecule has 54 heavy (non-hydrogen) atoms. The van der Waals surface area contributed by atoms with Crippen LogP contribution in [0.15, 0.2) is 52.1 Å². The number of nitrogens with one attached hydrogen (secondary N) is 4. The van der Waals surface area contributed by atoms with Gasteiger partial charge in [0.15, 0.2) is 0 Å². The summed E-state index contributed by atoms with van der Waals surface area (Å²) >= 11 is 0. The number of aliphatic hydroxyl groups excluding tert-OH is 1. The van der Waals surface area contributed by atoms with Crippen LogP contribution in [0.2, 0.25) is 0 Å². The Labute approximate surface area is 322 Å². The number of aromatic nitrogens is 1. The lowest BCUT2D eigenvalue weighted by atomic mass is 9.79. The number of rotatable bonds is 12. The van der Waals surface area contributed by atoms with E-state index < -0.39 is 11.9 Å². The molecular formula is C45H64N4O5. The van der Waals surface area contributed by atoms with Gasteiger partial charge in [-0.25, -0.2) is 0 Å². The summed E-state index contributed by atoms with van der Waals surface area (Å²) in [7, 11) is 1.38. The van der Waals surface area contributed by atoms with Crippen molar-refractivity contribution in [1.29, 1.82) is 0 Å². The fraction of sp³-hybridized carbons (Fsp3) is 0.600. The van der Waals surface area contributed by atoms with E-state index in [0.717, 1.165) is 70.0 Å². The van der Waals surface area contributed by atoms with Gasteiger partial charge in [0.2, 0.25) is 0 Å². The third-order valence-corrected chi connectivity index (χ3v) is 13.3. The minimum Gasteiger partial charge on any atom is -0.511 e. The summed E-state index contributed by atoms with van der Waals surface area (Å²) in [6.45, 7) is 22.0. The van der Waals surface area contributed by atoms with Crippen LogP contribution in [0.1, 0.15) is 105 Å². The monoisotopic (exact) mass is 740 g/mol. The van der Waals surface area contributed by atoms with Crippen LogP contribution in [-0.4, -0.2) is 59.9 Å². The van der Waals surface area contributed by atoms with Gasteiger partial charge in [0.05, 0.1) is 7.11 Å². The molecule has 9 atom stereocenters. The first kappa shape index (κ1) is 39.7. The molecule has 9 heteroatoms. The van der Waals surface area contributed by atoms with E-state index in [1.54, 1.807) is 0 Å². The van der Waals surface area contributed by atoms with Crippen molar-refractivity contribution in [3.8, 4) is 0 Å². The van der Waals surface area contributed by atoms with E-state index in [9.17, 15) is 14.7 Å². The highest BCUT2D eigenvalue weighted by atomic mass is 16.5. The first-order chi connectivity index (χ1) is 25.8. The molecule has 5 heterocycles. The Kier molecular flexibility index (Phi) is 12.1. The molecule has 6 rings (SSSR count). The molecule has 5 aliphatic rings. The molecule has 6 unspecified atom stereocenters. The molecule has 1 aromatic rings. The zero-order chi connectivity index (χ0) is 39.0. The Bertz CT molecular complexity index is 1890. The number of esters is 2. The van der Waals surface area contributed by atoms with Gasteiger partial charge in [-0.05, 0) is 106 Å². The van der Waals surface area contributed by atoms with E-state index in [1.165, 1.54) is 24.7 Å². The number of hydrogen-bond acceptors (Lipinski definition) is 8. The summed E-state index contributed by atoms with van der Waals surface area (Å²) < 4.78 is 11.1. The lowest BCUT2D eigenvalue weighted by molar-refractivity contribution is -0.144. The predicted molar refractivity (Wildman–Crippen MR) is 216 cm³/mol. The number of H-pyrrole nitrogens is 1. The fourth-order valence-electron chi connectivity index (χ4n) is 10.0. The number of carbonyl (C=O) groups excluding carboxylic acids is 2. The largest absolute Gasteiger partial charge is 0.511 e. The standard InChI is InChI=1S/C45H64N4O5/c1-11-29-25(6)32-20-34-27(8)31(16-17-38(50)54-19-18-24(5)15-13-14-23(3)4)42(48-34)40-41(45(52)53-10)44(51)39-28(9)35(49-43(39)40)22-37-30(12-2)26(7)33(47-37)21-36(29)46-32/h11,18,20-21,23,27-28,30-31,34-35,37,41-42,46-49,51H,1,12-17,19,22H2,2-10H3/b24-18+,32-20-,36-21-/t27-,28?,30?,31-,34?,35?,37?,41+,42?/m0/s1. The van der Waals surface area contributed by atoms with E-state index >= 15 is 0 Å². The van der Waals surface area contributed by atoms with Crippen molar-refractivity contribution < 1.29 is 24.2 Å². The second-order valence-corrected chi connectivity index (χ2v) is 17.0. The number of ether oxygens (including phenoxy) is 2. The topological polar surface area (TPSA) is 125 Å². The summed E-state index contributed by atoms with van der Waals surface area (Å²) in [5, 5.41) is 25.6. The second kappa shape index (κ2) is 16.4. The summed E-state index contributed by atoms with van der Waals surface area (Å²) in [5.74, 6) is -0.459. The number of aliphatic hydroxyl groups is 1. The maximum atomic E-state index is 13.6. The zero-order valence-corrected chi connectivity index (χ0v) is 34.0. The molecule has 2 fully saturated rings. The van der Waals surface area contributed by atoms with Gasteiger partial charge >= 0.3 is 11.9 Å². The van der Waals surface area contributed by atoms with Crippen molar-refractivity contribution in [1.82, 2.24) is 20.9 Å². The van der Waals surface area contributed by atoms with Gasteiger partial charge in [0.25, 0.3) is 0 Å². The van der Waals surface area contributed by atoms with Crippen LogP contribution in [0.4, 0.5) is 0 Å². The number of fused-ring (bicyclic) bond motifs is 8. The fourth-order valence-corrected chi connectivity index (χ4v) is 10.0. The van der Waals surface area contributed by atoms with Crippen molar-refractivity contribution >= 4 is 30.2 Å². The molecule has 8 bridgehead atoms. The maximum Gasteiger partial charge on any atom is 0.320 e. The SMILES string of the molecule is C=Cc1c(C)/c2[nH]/c1=C\C1=C(C)C(CC)C(CC3NC4=C(C5NC(\C=2)[C@@H](C)[C@@H]5CCC(=O)OC/C=C(\C)CCCC(C)C)[C@@H](C(=O)OC)C(O)=C4C3C)N1. The van der Waals surface area contributed by atoms with Crippen molar-refractivity contribution in [3.05, 3.63) is 73.9 Å². The Balaban J connectivity index is 1.38. The van der Waals surface area contributed by atoms with Crippen molar-refractivity contribution in [3.63, 3.8) is 0 Å². The normalized spacial score (nSPS) is 31.6. The summed E-state index contributed by atoms with van der Waals surface area (Å²) in [6.07, 6.45) is 14.5. The zero-order valence-electron chi connectivity index (χ0n) is 34.0. The molecule has 5 N–H and O–H groups in total. The number of carbonyl (C=O) groups is 2. The van der Waals surface area contributed by atoms with Gasteiger partial charge in [-0.3, -0.25) is 9.59 Å². The molecule has 0 spiro atoms. The lowest BCUT2D eigenvalue weighted by Crippen LogP contribution is -2.41. The third-order valence-electron chi connectivity index (χ3n) is 13.3. The van der Waals surface area contributed by atoms with Crippen molar-refractivity contribution in [2.45, 2.75) is 125 Å². The highest BCUT2D eigenvalue weighted by Gasteiger charge is 2.53. The summed E-state index contributed by atoms with van der Waals surface area (Å²) in [6, 6.07) is -0.130. The van der Waals surface area contributed by atoms with Gasteiger partial charge in [0, 0.05) is 75.7 Å². The van der Waals surface area contributed by atoms with E-state index in [2.05, 4.69) is 95.1 Å². The lowest BCUT2D eigenvalue weighted by Gasteiger charge is -2.29. The second-order valence-electron chi connectivity index (χ2n) is 17.0. The maximum absolute atomic E-state index is 13.6. The van der Waals surface area contributed by atoms with Crippen molar-refractivity contribution in [2.75, 3.05) is 13.7 Å². The molecule has 294 valence electrons. The Hall–Kier alpha value is -3.98. The van der Waals surface area contributed by atoms with Gasteiger partial charge in [0.1, 0.15) is 18.3 Å². The molecule has 0 amide bonds. The van der Waals surface area contributed by atoms with Gasteiger partial charge < -0.3 is 35.5 Å². The molecule has 9 nitrogen and oxygen atoms in total. The first-order valence-corrected chi connectivity index (χ1v) is 20.4. The van der Waals surface area contributed by atoms with Gasteiger partial charge in [-0.2, -0.15) is 0 Å². The average Bonchev–Trinajstić information content (AvgIpc) is 3.87. The molecule has 0 saturated carbocycles. The van der Waals surface area contributed by atoms with Crippen LogP contribution in [0.25, 0.3) is 18.2 Å². The quantitative estimate of drug-likeness (QED) is 0.124. The predicted octanol–water partition coefficient (Wildman–Crippen LogP) is 6.37.